The minimum Gasteiger partial charge on any atom is -0.398 e. The molecule has 0 aliphatic carbocycles. The van der Waals surface area contributed by atoms with E-state index in [4.69, 9.17) is 17.3 Å². The van der Waals surface area contributed by atoms with E-state index in [0.29, 0.717) is 15.2 Å². The predicted molar refractivity (Wildman–Crippen MR) is 88.7 cm³/mol. The maximum absolute atomic E-state index is 12.4. The topological polar surface area (TPSA) is 72.2 Å². The number of halogens is 2. The van der Waals surface area contributed by atoms with Crippen molar-refractivity contribution in [1.82, 2.24) is 4.72 Å². The van der Waals surface area contributed by atoms with Crippen LogP contribution in [0.1, 0.15) is 18.5 Å². The molecule has 0 radical (unpaired) electrons. The van der Waals surface area contributed by atoms with Crippen LogP contribution in [0.4, 0.5) is 5.69 Å². The maximum atomic E-state index is 12.4. The Hall–Kier alpha value is -1.08. The third-order valence-corrected chi connectivity index (χ3v) is 5.75. The zero-order chi connectivity index (χ0) is 15.6. The summed E-state index contributed by atoms with van der Waals surface area (Å²) in [5.41, 5.74) is 7.14. The molecule has 112 valence electrons. The van der Waals surface area contributed by atoms with Crippen LogP contribution in [0.3, 0.4) is 0 Å². The molecule has 0 heterocycles. The van der Waals surface area contributed by atoms with Crippen LogP contribution in [0.5, 0.6) is 0 Å². The second kappa shape index (κ2) is 6.36. The standard InChI is InChI=1S/C14H14BrClN2O2S/c1-9(11-4-2-3-5-14(11)17)18-21(19,20)10-6-7-13(16)12(15)8-10/h2-9,18H,17H2,1H3. The number of rotatable bonds is 4. The summed E-state index contributed by atoms with van der Waals surface area (Å²) in [5, 5.41) is 0.453. The monoisotopic (exact) mass is 388 g/mol. The summed E-state index contributed by atoms with van der Waals surface area (Å²) in [6, 6.07) is 11.2. The van der Waals surface area contributed by atoms with Crippen molar-refractivity contribution in [3.63, 3.8) is 0 Å². The van der Waals surface area contributed by atoms with Gasteiger partial charge in [0.2, 0.25) is 10.0 Å². The number of anilines is 1. The SMILES string of the molecule is CC(NS(=O)(=O)c1ccc(Cl)c(Br)c1)c1ccccc1N. The molecule has 2 rings (SSSR count). The van der Waals surface area contributed by atoms with Gasteiger partial charge in [-0.3, -0.25) is 0 Å². The Labute approximate surface area is 137 Å². The molecule has 21 heavy (non-hydrogen) atoms. The molecule has 0 saturated heterocycles. The fourth-order valence-corrected chi connectivity index (χ4v) is 3.81. The summed E-state index contributed by atoms with van der Waals surface area (Å²) >= 11 is 9.09. The van der Waals surface area contributed by atoms with E-state index in [1.54, 1.807) is 25.1 Å². The summed E-state index contributed by atoms with van der Waals surface area (Å²) < 4.78 is 27.9. The Morgan fingerprint density at radius 1 is 1.24 bits per heavy atom. The van der Waals surface area contributed by atoms with Gasteiger partial charge in [-0.15, -0.1) is 0 Å². The van der Waals surface area contributed by atoms with E-state index in [-0.39, 0.29) is 4.90 Å². The fraction of sp³-hybridized carbons (Fsp3) is 0.143. The minimum atomic E-state index is -3.66. The first-order valence-electron chi connectivity index (χ1n) is 6.13. The lowest BCUT2D eigenvalue weighted by atomic mass is 10.1. The van der Waals surface area contributed by atoms with E-state index >= 15 is 0 Å². The Morgan fingerprint density at radius 2 is 1.90 bits per heavy atom. The molecule has 0 fully saturated rings. The van der Waals surface area contributed by atoms with Gasteiger partial charge in [0.05, 0.1) is 9.92 Å². The van der Waals surface area contributed by atoms with Crippen LogP contribution < -0.4 is 10.5 Å². The Morgan fingerprint density at radius 3 is 2.52 bits per heavy atom. The minimum absolute atomic E-state index is 0.139. The van der Waals surface area contributed by atoms with Gasteiger partial charge in [0.1, 0.15) is 0 Å². The number of benzene rings is 2. The highest BCUT2D eigenvalue weighted by atomic mass is 79.9. The molecule has 0 bridgehead atoms. The highest BCUT2D eigenvalue weighted by Crippen LogP contribution is 2.27. The van der Waals surface area contributed by atoms with Crippen LogP contribution in [-0.2, 0) is 10.0 Å². The largest absolute Gasteiger partial charge is 0.398 e. The van der Waals surface area contributed by atoms with E-state index in [2.05, 4.69) is 20.7 Å². The lowest BCUT2D eigenvalue weighted by molar-refractivity contribution is 0.567. The van der Waals surface area contributed by atoms with Gasteiger partial charge in [0, 0.05) is 16.2 Å². The van der Waals surface area contributed by atoms with Crippen LogP contribution in [0.15, 0.2) is 51.8 Å². The molecule has 0 saturated carbocycles. The second-order valence-corrected chi connectivity index (χ2v) is 7.52. The van der Waals surface area contributed by atoms with E-state index in [1.165, 1.54) is 18.2 Å². The van der Waals surface area contributed by atoms with E-state index in [0.717, 1.165) is 5.56 Å². The van der Waals surface area contributed by atoms with Crippen LogP contribution in [0.25, 0.3) is 0 Å². The van der Waals surface area contributed by atoms with E-state index in [9.17, 15) is 8.42 Å². The van der Waals surface area contributed by atoms with Crippen molar-refractivity contribution in [2.45, 2.75) is 17.9 Å². The average Bonchev–Trinajstić information content (AvgIpc) is 2.41. The normalized spacial score (nSPS) is 13.1. The molecule has 0 aromatic heterocycles. The number of sulfonamides is 1. The first kappa shape index (κ1) is 16.3. The number of hydrogen-bond acceptors (Lipinski definition) is 3. The zero-order valence-corrected chi connectivity index (χ0v) is 14.3. The highest BCUT2D eigenvalue weighted by Gasteiger charge is 2.20. The Kier molecular flexibility index (Phi) is 4.93. The Balaban J connectivity index is 2.29. The van der Waals surface area contributed by atoms with Gasteiger partial charge in [0.15, 0.2) is 0 Å². The predicted octanol–water partition coefficient (Wildman–Crippen LogP) is 3.72. The van der Waals surface area contributed by atoms with E-state index in [1.807, 2.05) is 6.07 Å². The zero-order valence-electron chi connectivity index (χ0n) is 11.2. The molecular formula is C14H14BrClN2O2S. The molecule has 7 heteroatoms. The number of nitrogens with two attached hydrogens (primary N) is 1. The molecule has 3 N–H and O–H groups in total. The van der Waals surface area contributed by atoms with Crippen LogP contribution in [-0.4, -0.2) is 8.42 Å². The van der Waals surface area contributed by atoms with Crippen molar-refractivity contribution < 1.29 is 8.42 Å². The quantitative estimate of drug-likeness (QED) is 0.783. The fourth-order valence-electron chi connectivity index (χ4n) is 1.91. The number of nitrogen functional groups attached to an aromatic ring is 1. The molecule has 1 unspecified atom stereocenters. The van der Waals surface area contributed by atoms with Crippen molar-refractivity contribution in [3.05, 3.63) is 57.5 Å². The van der Waals surface area contributed by atoms with Gasteiger partial charge in [-0.05, 0) is 52.7 Å². The molecule has 0 spiro atoms. The Bertz CT molecular complexity index is 765. The first-order valence-corrected chi connectivity index (χ1v) is 8.78. The van der Waals surface area contributed by atoms with Crippen molar-refractivity contribution in [2.75, 3.05) is 5.73 Å². The van der Waals surface area contributed by atoms with Crippen LogP contribution in [0.2, 0.25) is 5.02 Å². The van der Waals surface area contributed by atoms with Crippen molar-refractivity contribution in [3.8, 4) is 0 Å². The van der Waals surface area contributed by atoms with Gasteiger partial charge in [-0.2, -0.15) is 0 Å². The maximum Gasteiger partial charge on any atom is 0.241 e. The van der Waals surface area contributed by atoms with Crippen molar-refractivity contribution in [2.24, 2.45) is 0 Å². The van der Waals surface area contributed by atoms with Gasteiger partial charge in [0.25, 0.3) is 0 Å². The molecule has 0 aliphatic heterocycles. The summed E-state index contributed by atoms with van der Waals surface area (Å²) in [6.45, 7) is 1.74. The third-order valence-electron chi connectivity index (χ3n) is 3.00. The van der Waals surface area contributed by atoms with Gasteiger partial charge >= 0.3 is 0 Å². The van der Waals surface area contributed by atoms with E-state index < -0.39 is 16.1 Å². The number of nitrogens with one attached hydrogen (secondary N) is 1. The molecule has 4 nitrogen and oxygen atoms in total. The molecule has 2 aromatic carbocycles. The lowest BCUT2D eigenvalue weighted by Gasteiger charge is -2.16. The molecule has 1 atom stereocenters. The number of hydrogen-bond donors (Lipinski definition) is 2. The number of para-hydroxylation sites is 1. The average molecular weight is 390 g/mol. The molecule has 2 aromatic rings. The smallest absolute Gasteiger partial charge is 0.241 e. The summed E-state index contributed by atoms with van der Waals surface area (Å²) in [6.07, 6.45) is 0. The lowest BCUT2D eigenvalue weighted by Crippen LogP contribution is -2.27. The van der Waals surface area contributed by atoms with Gasteiger partial charge < -0.3 is 5.73 Å². The van der Waals surface area contributed by atoms with Gasteiger partial charge in [-0.25, -0.2) is 13.1 Å². The summed E-state index contributed by atoms with van der Waals surface area (Å²) in [5.74, 6) is 0. The third kappa shape index (κ3) is 3.77. The van der Waals surface area contributed by atoms with Crippen LogP contribution in [0, 0.1) is 0 Å². The second-order valence-electron chi connectivity index (χ2n) is 4.55. The summed E-state index contributed by atoms with van der Waals surface area (Å²) in [7, 11) is -3.66. The van der Waals surface area contributed by atoms with Gasteiger partial charge in [-0.1, -0.05) is 29.8 Å². The molecular weight excluding hydrogens is 376 g/mol. The van der Waals surface area contributed by atoms with Crippen LogP contribution >= 0.6 is 27.5 Å². The summed E-state index contributed by atoms with van der Waals surface area (Å²) in [4.78, 5) is 0.139. The molecule has 0 amide bonds. The molecule has 0 aliphatic rings. The highest BCUT2D eigenvalue weighted by molar-refractivity contribution is 9.10. The first-order chi connectivity index (χ1) is 9.81. The van der Waals surface area contributed by atoms with Crippen molar-refractivity contribution >= 4 is 43.2 Å². The van der Waals surface area contributed by atoms with Crippen molar-refractivity contribution in [1.29, 1.82) is 0 Å².